The standard InChI is InChI=1S/C5H12O4S/c1-9-3-5(6)4-10(2,7)8/h5-6H,3-4H2,1-2H3. The van der Waals surface area contributed by atoms with Gasteiger partial charge in [0.05, 0.1) is 18.5 Å². The first-order valence-corrected chi connectivity index (χ1v) is 4.86. The number of aliphatic hydroxyl groups is 1. The molecule has 1 atom stereocenters. The smallest absolute Gasteiger partial charge is 0.150 e. The molecule has 0 aromatic rings. The van der Waals surface area contributed by atoms with Gasteiger partial charge < -0.3 is 9.84 Å². The number of ether oxygens (including phenoxy) is 1. The van der Waals surface area contributed by atoms with Crippen LogP contribution in [-0.4, -0.2) is 45.4 Å². The maximum absolute atomic E-state index is 10.5. The highest BCUT2D eigenvalue weighted by molar-refractivity contribution is 7.90. The molecule has 0 aliphatic heterocycles. The lowest BCUT2D eigenvalue weighted by molar-refractivity contribution is 0.0784. The van der Waals surface area contributed by atoms with E-state index in [1.807, 2.05) is 0 Å². The molecule has 0 aliphatic carbocycles. The third-order valence-corrected chi connectivity index (χ3v) is 1.84. The third-order valence-electron chi connectivity index (χ3n) is 0.854. The molecule has 5 heteroatoms. The largest absolute Gasteiger partial charge is 0.390 e. The number of aliphatic hydroxyl groups excluding tert-OH is 1. The highest BCUT2D eigenvalue weighted by Gasteiger charge is 2.10. The van der Waals surface area contributed by atoms with Crippen molar-refractivity contribution in [2.45, 2.75) is 6.10 Å². The highest BCUT2D eigenvalue weighted by Crippen LogP contribution is 1.90. The molecular formula is C5H12O4S. The van der Waals surface area contributed by atoms with Crippen molar-refractivity contribution in [2.24, 2.45) is 0 Å². The summed E-state index contributed by atoms with van der Waals surface area (Å²) < 4.78 is 25.5. The van der Waals surface area contributed by atoms with E-state index < -0.39 is 15.9 Å². The van der Waals surface area contributed by atoms with Gasteiger partial charge in [-0.15, -0.1) is 0 Å². The van der Waals surface area contributed by atoms with Crippen LogP contribution in [0.25, 0.3) is 0 Å². The monoisotopic (exact) mass is 168 g/mol. The van der Waals surface area contributed by atoms with E-state index in [0.29, 0.717) is 0 Å². The SMILES string of the molecule is COCC(O)CS(C)(=O)=O. The van der Waals surface area contributed by atoms with E-state index in [4.69, 9.17) is 5.11 Å². The zero-order valence-electron chi connectivity index (χ0n) is 6.07. The zero-order valence-corrected chi connectivity index (χ0v) is 6.89. The van der Waals surface area contributed by atoms with Crippen molar-refractivity contribution in [2.75, 3.05) is 25.7 Å². The van der Waals surface area contributed by atoms with Gasteiger partial charge in [-0.25, -0.2) is 8.42 Å². The zero-order chi connectivity index (χ0) is 8.20. The Kier molecular flexibility index (Phi) is 3.85. The van der Waals surface area contributed by atoms with Gasteiger partial charge in [0.15, 0.2) is 0 Å². The lowest BCUT2D eigenvalue weighted by Crippen LogP contribution is -2.24. The average molecular weight is 168 g/mol. The van der Waals surface area contributed by atoms with Gasteiger partial charge in [-0.1, -0.05) is 0 Å². The Labute approximate surface area is 60.7 Å². The van der Waals surface area contributed by atoms with Crippen LogP contribution in [0.2, 0.25) is 0 Å². The summed E-state index contributed by atoms with van der Waals surface area (Å²) >= 11 is 0. The van der Waals surface area contributed by atoms with Crippen molar-refractivity contribution in [1.29, 1.82) is 0 Å². The summed E-state index contributed by atoms with van der Waals surface area (Å²) in [5.74, 6) is -0.235. The Morgan fingerprint density at radius 1 is 1.60 bits per heavy atom. The molecular weight excluding hydrogens is 156 g/mol. The van der Waals surface area contributed by atoms with Crippen LogP contribution in [0.15, 0.2) is 0 Å². The Morgan fingerprint density at radius 2 is 2.10 bits per heavy atom. The molecule has 0 amide bonds. The highest BCUT2D eigenvalue weighted by atomic mass is 32.2. The molecule has 0 bridgehead atoms. The fraction of sp³-hybridized carbons (Fsp3) is 1.00. The fourth-order valence-electron chi connectivity index (χ4n) is 0.590. The second-order valence-corrected chi connectivity index (χ2v) is 4.39. The van der Waals surface area contributed by atoms with E-state index in [1.165, 1.54) is 7.11 Å². The predicted molar refractivity (Wildman–Crippen MR) is 37.6 cm³/mol. The van der Waals surface area contributed by atoms with Crippen LogP contribution in [0.3, 0.4) is 0 Å². The number of methoxy groups -OCH3 is 1. The van der Waals surface area contributed by atoms with Gasteiger partial charge in [-0.05, 0) is 0 Å². The van der Waals surface area contributed by atoms with E-state index in [-0.39, 0.29) is 12.4 Å². The van der Waals surface area contributed by atoms with Crippen LogP contribution in [0.1, 0.15) is 0 Å². The minimum atomic E-state index is -3.08. The molecule has 62 valence electrons. The van der Waals surface area contributed by atoms with Crippen LogP contribution < -0.4 is 0 Å². The van der Waals surface area contributed by atoms with Gasteiger partial charge in [-0.2, -0.15) is 0 Å². The molecule has 4 nitrogen and oxygen atoms in total. The van der Waals surface area contributed by atoms with Crippen molar-refractivity contribution in [3.63, 3.8) is 0 Å². The van der Waals surface area contributed by atoms with Crippen LogP contribution >= 0.6 is 0 Å². The first-order valence-electron chi connectivity index (χ1n) is 2.80. The Bertz CT molecular complexity index is 172. The number of hydrogen-bond donors (Lipinski definition) is 1. The molecule has 0 rings (SSSR count). The van der Waals surface area contributed by atoms with Crippen molar-refractivity contribution in [1.82, 2.24) is 0 Å². The fourth-order valence-corrected chi connectivity index (χ4v) is 1.39. The second-order valence-electron chi connectivity index (χ2n) is 2.20. The molecule has 0 fully saturated rings. The van der Waals surface area contributed by atoms with Gasteiger partial charge >= 0.3 is 0 Å². The minimum absolute atomic E-state index is 0.0626. The summed E-state index contributed by atoms with van der Waals surface area (Å²) in [7, 11) is -1.67. The van der Waals surface area contributed by atoms with Crippen molar-refractivity contribution >= 4 is 9.84 Å². The van der Waals surface area contributed by atoms with Crippen LogP contribution in [0.5, 0.6) is 0 Å². The lowest BCUT2D eigenvalue weighted by atomic mass is 10.4. The molecule has 0 aliphatic rings. The summed E-state index contributed by atoms with van der Waals surface area (Å²) in [6, 6.07) is 0. The number of hydrogen-bond acceptors (Lipinski definition) is 4. The van der Waals surface area contributed by atoms with Crippen molar-refractivity contribution in [3.05, 3.63) is 0 Å². The molecule has 0 saturated carbocycles. The molecule has 0 saturated heterocycles. The Hall–Kier alpha value is -0.130. The molecule has 1 unspecified atom stereocenters. The average Bonchev–Trinajstić information content (AvgIpc) is 1.59. The molecule has 1 N–H and O–H groups in total. The van der Waals surface area contributed by atoms with E-state index in [9.17, 15) is 8.42 Å². The molecule has 0 radical (unpaired) electrons. The molecule has 10 heavy (non-hydrogen) atoms. The van der Waals surface area contributed by atoms with Crippen LogP contribution in [-0.2, 0) is 14.6 Å². The number of sulfone groups is 1. The van der Waals surface area contributed by atoms with Crippen LogP contribution in [0, 0.1) is 0 Å². The normalized spacial score (nSPS) is 15.1. The molecule has 0 aromatic carbocycles. The maximum atomic E-state index is 10.5. The number of rotatable bonds is 4. The van der Waals surface area contributed by atoms with Crippen molar-refractivity contribution < 1.29 is 18.3 Å². The van der Waals surface area contributed by atoms with E-state index in [0.717, 1.165) is 6.26 Å². The minimum Gasteiger partial charge on any atom is -0.390 e. The van der Waals surface area contributed by atoms with Crippen LogP contribution in [0.4, 0.5) is 0 Å². The van der Waals surface area contributed by atoms with Gasteiger partial charge in [0, 0.05) is 13.4 Å². The van der Waals surface area contributed by atoms with E-state index in [2.05, 4.69) is 4.74 Å². The summed E-state index contributed by atoms with van der Waals surface area (Å²) in [6.45, 7) is 0.0626. The summed E-state index contributed by atoms with van der Waals surface area (Å²) in [6.07, 6.45) is 0.172. The first kappa shape index (κ1) is 9.87. The topological polar surface area (TPSA) is 63.6 Å². The summed E-state index contributed by atoms with van der Waals surface area (Å²) in [5, 5.41) is 8.88. The lowest BCUT2D eigenvalue weighted by Gasteiger charge is -2.06. The summed E-state index contributed by atoms with van der Waals surface area (Å²) in [5.41, 5.74) is 0. The quantitative estimate of drug-likeness (QED) is 0.587. The molecule has 0 heterocycles. The van der Waals surface area contributed by atoms with Crippen molar-refractivity contribution in [3.8, 4) is 0 Å². The van der Waals surface area contributed by atoms with E-state index in [1.54, 1.807) is 0 Å². The van der Waals surface area contributed by atoms with E-state index >= 15 is 0 Å². The van der Waals surface area contributed by atoms with Gasteiger partial charge in [0.25, 0.3) is 0 Å². The Morgan fingerprint density at radius 3 is 2.40 bits per heavy atom. The third kappa shape index (κ3) is 6.00. The second kappa shape index (κ2) is 3.90. The maximum Gasteiger partial charge on any atom is 0.150 e. The van der Waals surface area contributed by atoms with Gasteiger partial charge in [-0.3, -0.25) is 0 Å². The van der Waals surface area contributed by atoms with Gasteiger partial charge in [0.1, 0.15) is 9.84 Å². The Balaban J connectivity index is 3.69. The summed E-state index contributed by atoms with van der Waals surface area (Å²) in [4.78, 5) is 0. The molecule has 0 aromatic heterocycles. The predicted octanol–water partition coefficient (Wildman–Crippen LogP) is -0.962. The first-order chi connectivity index (χ1) is 4.45. The van der Waals surface area contributed by atoms with Gasteiger partial charge in [0.2, 0.25) is 0 Å². The molecule has 0 spiro atoms.